The van der Waals surface area contributed by atoms with E-state index in [1.807, 2.05) is 13.8 Å². The summed E-state index contributed by atoms with van der Waals surface area (Å²) in [5.41, 5.74) is 1.32. The van der Waals surface area contributed by atoms with Gasteiger partial charge in [-0.2, -0.15) is 0 Å². The fourth-order valence-corrected chi connectivity index (χ4v) is 6.73. The molecule has 12 heteroatoms. The van der Waals surface area contributed by atoms with Crippen LogP contribution in [0.3, 0.4) is 0 Å². The van der Waals surface area contributed by atoms with E-state index in [0.29, 0.717) is 24.0 Å². The Labute approximate surface area is 258 Å². The van der Waals surface area contributed by atoms with Crippen LogP contribution >= 0.6 is 0 Å². The minimum atomic E-state index is -4.11. The van der Waals surface area contributed by atoms with Crippen molar-refractivity contribution in [3.63, 3.8) is 0 Å². The predicted molar refractivity (Wildman–Crippen MR) is 163 cm³/mol. The number of anilines is 1. The number of halogens is 2. The van der Waals surface area contributed by atoms with Crippen LogP contribution < -0.4 is 14.8 Å². The molecular formula is C33H29F2N3O6S. The molecule has 1 fully saturated rings. The second kappa shape index (κ2) is 12.3. The number of aromatic nitrogens is 2. The highest BCUT2D eigenvalue weighted by molar-refractivity contribution is 7.90. The first-order valence-corrected chi connectivity index (χ1v) is 15.7. The Morgan fingerprint density at radius 1 is 1.04 bits per heavy atom. The number of aryl methyl sites for hydroxylation is 1. The van der Waals surface area contributed by atoms with Gasteiger partial charge in [0.1, 0.15) is 11.5 Å². The number of nitrogens with zero attached hydrogens (tertiary/aromatic N) is 2. The molecule has 5 aromatic rings. The quantitative estimate of drug-likeness (QED) is 0.197. The number of amides is 1. The number of carbonyl (C=O) groups is 1. The Hall–Kier alpha value is -4.81. The smallest absolute Gasteiger partial charge is 0.417 e. The first-order chi connectivity index (χ1) is 21.6. The van der Waals surface area contributed by atoms with Gasteiger partial charge in [0.25, 0.3) is 10.0 Å². The number of pyridine rings is 1. The van der Waals surface area contributed by atoms with Gasteiger partial charge in [0.05, 0.1) is 22.1 Å². The zero-order valence-corrected chi connectivity index (χ0v) is 25.2. The summed E-state index contributed by atoms with van der Waals surface area (Å²) in [5, 5.41) is 2.59. The third-order valence-electron chi connectivity index (χ3n) is 7.64. The van der Waals surface area contributed by atoms with Crippen molar-refractivity contribution >= 4 is 32.8 Å². The molecule has 0 radical (unpaired) electrons. The Morgan fingerprint density at radius 3 is 2.44 bits per heavy atom. The van der Waals surface area contributed by atoms with Crippen molar-refractivity contribution in [2.24, 2.45) is 0 Å². The van der Waals surface area contributed by atoms with Gasteiger partial charge in [-0.15, -0.1) is 0 Å². The molecule has 1 N–H and O–H groups in total. The summed E-state index contributed by atoms with van der Waals surface area (Å²) in [6.45, 7) is 4.31. The normalized spacial score (nSPS) is 16.8. The number of rotatable bonds is 7. The Balaban J connectivity index is 1.39. The van der Waals surface area contributed by atoms with Crippen molar-refractivity contribution < 1.29 is 36.2 Å². The van der Waals surface area contributed by atoms with Crippen molar-refractivity contribution in [2.45, 2.75) is 43.6 Å². The Morgan fingerprint density at radius 2 is 1.76 bits per heavy atom. The average Bonchev–Trinajstić information content (AvgIpc) is 3.41. The molecule has 1 amide bonds. The van der Waals surface area contributed by atoms with E-state index in [-0.39, 0.29) is 39.8 Å². The minimum Gasteiger partial charge on any atom is -0.450 e. The summed E-state index contributed by atoms with van der Waals surface area (Å²) in [6, 6.07) is 17.8. The number of fused-ring (bicyclic) bond motifs is 1. The molecule has 1 saturated heterocycles. The van der Waals surface area contributed by atoms with Crippen LogP contribution in [-0.2, 0) is 14.8 Å². The molecule has 1 aliphatic rings. The summed E-state index contributed by atoms with van der Waals surface area (Å²) < 4.78 is 76.3. The highest BCUT2D eigenvalue weighted by Crippen LogP contribution is 2.42. The van der Waals surface area contributed by atoms with E-state index in [4.69, 9.17) is 14.2 Å². The SMILES string of the molecule is Cc1ccc(S(=O)(=O)n2cc(C3CCCOC3C)c3c(Oc4c(F)cc(NC(=O)Oc5ccccc5)cc4F)ccnc32)cc1. The zero-order chi connectivity index (χ0) is 31.7. The van der Waals surface area contributed by atoms with E-state index in [1.54, 1.807) is 42.5 Å². The van der Waals surface area contributed by atoms with Crippen molar-refractivity contribution in [3.8, 4) is 17.2 Å². The summed E-state index contributed by atoms with van der Waals surface area (Å²) in [4.78, 5) is 16.7. The third kappa shape index (κ3) is 6.11. The summed E-state index contributed by atoms with van der Waals surface area (Å²) in [5.74, 6) is -2.91. The van der Waals surface area contributed by atoms with Gasteiger partial charge in [-0.25, -0.2) is 30.9 Å². The largest absolute Gasteiger partial charge is 0.450 e. The molecular weight excluding hydrogens is 604 g/mol. The van der Waals surface area contributed by atoms with Gasteiger partial charge >= 0.3 is 6.09 Å². The lowest BCUT2D eigenvalue weighted by atomic mass is 9.88. The number of benzene rings is 3. The van der Waals surface area contributed by atoms with Gasteiger partial charge in [-0.3, -0.25) is 5.32 Å². The molecule has 0 aliphatic carbocycles. The molecule has 9 nitrogen and oxygen atoms in total. The van der Waals surface area contributed by atoms with Crippen LogP contribution in [0.25, 0.3) is 11.0 Å². The molecule has 0 spiro atoms. The van der Waals surface area contributed by atoms with Gasteiger partial charge in [-0.1, -0.05) is 35.9 Å². The second-order valence-corrected chi connectivity index (χ2v) is 12.5. The predicted octanol–water partition coefficient (Wildman–Crippen LogP) is 7.55. The maximum absolute atomic E-state index is 15.3. The lowest BCUT2D eigenvalue weighted by Crippen LogP contribution is -2.25. The van der Waals surface area contributed by atoms with Gasteiger partial charge in [0.2, 0.25) is 0 Å². The minimum absolute atomic E-state index is 0.00706. The van der Waals surface area contributed by atoms with Crippen LogP contribution in [0.2, 0.25) is 0 Å². The fraction of sp³-hybridized carbons (Fsp3) is 0.212. The van der Waals surface area contributed by atoms with Crippen LogP contribution in [0.4, 0.5) is 19.3 Å². The van der Waals surface area contributed by atoms with Gasteiger partial charge in [0.15, 0.2) is 23.0 Å². The molecule has 3 aromatic carbocycles. The number of para-hydroxylation sites is 1. The van der Waals surface area contributed by atoms with Crippen LogP contribution in [0.5, 0.6) is 17.2 Å². The Bertz CT molecular complexity index is 1960. The number of ether oxygens (including phenoxy) is 3. The third-order valence-corrected chi connectivity index (χ3v) is 9.31. The lowest BCUT2D eigenvalue weighted by molar-refractivity contribution is 0.0119. The van der Waals surface area contributed by atoms with Crippen LogP contribution in [-0.4, -0.2) is 36.2 Å². The number of carbonyl (C=O) groups excluding carboxylic acids is 1. The van der Waals surface area contributed by atoms with Crippen molar-refractivity contribution in [2.75, 3.05) is 11.9 Å². The average molecular weight is 634 g/mol. The maximum Gasteiger partial charge on any atom is 0.417 e. The standard InChI is InChI=1S/C33H29F2N3O6S/c1-20-10-12-24(13-11-20)45(40,41)38-19-26(25-9-6-16-42-21(25)2)30-29(14-15-36-32(30)38)44-31-27(34)17-22(18-28(31)35)37-33(39)43-23-7-4-3-5-8-23/h3-5,7-8,10-15,17-19,21,25H,6,9,16H2,1-2H3,(H,37,39). The molecule has 0 bridgehead atoms. The van der Waals surface area contributed by atoms with Crippen molar-refractivity contribution in [3.05, 3.63) is 108 Å². The van der Waals surface area contributed by atoms with E-state index in [1.165, 1.54) is 30.6 Å². The van der Waals surface area contributed by atoms with Gasteiger partial charge in [-0.05, 0) is 62.6 Å². The summed E-state index contributed by atoms with van der Waals surface area (Å²) >= 11 is 0. The van der Waals surface area contributed by atoms with E-state index in [0.717, 1.165) is 28.1 Å². The lowest BCUT2D eigenvalue weighted by Gasteiger charge is -2.29. The van der Waals surface area contributed by atoms with Crippen molar-refractivity contribution in [1.82, 2.24) is 8.96 Å². The van der Waals surface area contributed by atoms with Crippen molar-refractivity contribution in [1.29, 1.82) is 0 Å². The van der Waals surface area contributed by atoms with Gasteiger partial charge in [0, 0.05) is 37.1 Å². The van der Waals surface area contributed by atoms with E-state index < -0.39 is 33.5 Å². The van der Waals surface area contributed by atoms with E-state index in [2.05, 4.69) is 10.3 Å². The molecule has 6 rings (SSSR count). The molecule has 2 atom stereocenters. The van der Waals surface area contributed by atoms with Crippen LogP contribution in [0.1, 0.15) is 36.8 Å². The summed E-state index contributed by atoms with van der Waals surface area (Å²) in [6.07, 6.45) is 3.05. The van der Waals surface area contributed by atoms with Gasteiger partial charge < -0.3 is 14.2 Å². The molecule has 232 valence electrons. The number of hydrogen-bond acceptors (Lipinski definition) is 7. The van der Waals surface area contributed by atoms with E-state index in [9.17, 15) is 13.2 Å². The molecule has 2 unspecified atom stereocenters. The molecule has 2 aromatic heterocycles. The topological polar surface area (TPSA) is 109 Å². The first-order valence-electron chi connectivity index (χ1n) is 14.3. The maximum atomic E-state index is 15.3. The highest BCUT2D eigenvalue weighted by atomic mass is 32.2. The fourth-order valence-electron chi connectivity index (χ4n) is 5.41. The molecule has 1 aliphatic heterocycles. The first kappa shape index (κ1) is 30.2. The number of hydrogen-bond donors (Lipinski definition) is 1. The van der Waals surface area contributed by atoms with Crippen LogP contribution in [0, 0.1) is 18.6 Å². The monoisotopic (exact) mass is 633 g/mol. The second-order valence-electron chi connectivity index (χ2n) is 10.7. The Kier molecular flexibility index (Phi) is 8.26. The molecule has 45 heavy (non-hydrogen) atoms. The van der Waals surface area contributed by atoms with E-state index >= 15 is 8.78 Å². The molecule has 0 saturated carbocycles. The summed E-state index contributed by atoms with van der Waals surface area (Å²) in [7, 11) is -4.11. The zero-order valence-electron chi connectivity index (χ0n) is 24.4. The molecule has 3 heterocycles. The number of nitrogens with one attached hydrogen (secondary N) is 1. The highest BCUT2D eigenvalue weighted by Gasteiger charge is 2.32. The van der Waals surface area contributed by atoms with Crippen LogP contribution in [0.15, 0.2) is 90.1 Å².